The van der Waals surface area contributed by atoms with Gasteiger partial charge < -0.3 is 19.8 Å². The molecule has 0 fully saturated rings. The fraction of sp³-hybridized carbons (Fsp3) is 0.271. The van der Waals surface area contributed by atoms with Crippen LogP contribution in [0.2, 0.25) is 0 Å². The summed E-state index contributed by atoms with van der Waals surface area (Å²) >= 11 is 0. The zero-order chi connectivity index (χ0) is 54.6. The maximum atomic E-state index is 14.4. The first-order valence-corrected chi connectivity index (χ1v) is 27.0. The quantitative estimate of drug-likeness (QED) is 0.144. The zero-order valence-corrected chi connectivity index (χ0v) is 46.9. The highest BCUT2D eigenvalue weighted by Gasteiger charge is 2.46. The molecule has 7 nitrogen and oxygen atoms in total. The number of fused-ring (bicyclic) bond motifs is 10. The molecule has 0 saturated heterocycles. The van der Waals surface area contributed by atoms with Gasteiger partial charge in [0, 0.05) is 49.7 Å². The standard InChI is InChI=1S/C70H70N4O3/c1-66(2,3)45-25-19-42(20-26-45)59-51-33-34-52(71-51)60(43-21-27-46(28-22-43)67(4,5)6)54-36-38-56(73-54)62-49-32-31-48(69(10,11)12)39-50(49)58(41-17-15-14-16-18-41)63-64(62)74-65(70(63,76)40-57(75)77-13)61(55-37-35-53(59)72-55)44-23-29-47(30-24-44)68(7,8)9/h14-39,72-73,76H,40H2,1-13H3. The Kier molecular flexibility index (Phi) is 12.3. The van der Waals surface area contributed by atoms with Crippen LogP contribution in [0.15, 0.2) is 146 Å². The maximum absolute atomic E-state index is 14.4. The minimum Gasteiger partial charge on any atom is -0.469 e. The number of carbonyl (C=O) groups is 1. The van der Waals surface area contributed by atoms with Crippen LogP contribution in [-0.2, 0) is 36.8 Å². The van der Waals surface area contributed by atoms with E-state index < -0.39 is 18.0 Å². The topological polar surface area (TPSA) is 104 Å². The Labute approximate surface area is 453 Å². The van der Waals surface area contributed by atoms with Crippen LogP contribution in [0.3, 0.4) is 0 Å². The van der Waals surface area contributed by atoms with Gasteiger partial charge in [-0.3, -0.25) is 4.79 Å². The number of H-pyrrole nitrogens is 2. The van der Waals surface area contributed by atoms with Crippen molar-refractivity contribution in [2.75, 3.05) is 7.11 Å². The van der Waals surface area contributed by atoms with Gasteiger partial charge in [-0.2, -0.15) is 0 Å². The molecule has 388 valence electrons. The highest BCUT2D eigenvalue weighted by atomic mass is 16.5. The van der Waals surface area contributed by atoms with Crippen LogP contribution in [0.1, 0.15) is 134 Å². The molecule has 6 aromatic carbocycles. The number of nitrogens with one attached hydrogen (secondary N) is 2. The van der Waals surface area contributed by atoms with Crippen molar-refractivity contribution in [3.05, 3.63) is 190 Å². The number of aromatic nitrogens is 4. The van der Waals surface area contributed by atoms with Crippen molar-refractivity contribution in [3.63, 3.8) is 0 Å². The first-order valence-electron chi connectivity index (χ1n) is 27.0. The molecule has 0 amide bonds. The molecule has 8 bridgehead atoms. The molecular weight excluding hydrogens is 945 g/mol. The van der Waals surface area contributed by atoms with Gasteiger partial charge in [0.25, 0.3) is 0 Å². The van der Waals surface area contributed by atoms with E-state index in [-0.39, 0.29) is 21.7 Å². The number of rotatable bonds is 6. The summed E-state index contributed by atoms with van der Waals surface area (Å²) in [4.78, 5) is 33.5. The van der Waals surface area contributed by atoms with Crippen molar-refractivity contribution < 1.29 is 14.6 Å². The molecule has 7 heteroatoms. The monoisotopic (exact) mass is 1010 g/mol. The molecule has 0 spiro atoms. The smallest absolute Gasteiger partial charge is 0.309 e. The Morgan fingerprint density at radius 2 is 0.896 bits per heavy atom. The summed E-state index contributed by atoms with van der Waals surface area (Å²) in [5, 5.41) is 17.1. The summed E-state index contributed by atoms with van der Waals surface area (Å²) < 4.78 is 5.55. The van der Waals surface area contributed by atoms with E-state index in [1.165, 1.54) is 18.2 Å². The van der Waals surface area contributed by atoms with E-state index in [0.29, 0.717) is 22.3 Å². The van der Waals surface area contributed by atoms with Gasteiger partial charge in [-0.05, 0) is 125 Å². The second-order valence-electron chi connectivity index (χ2n) is 25.3. The van der Waals surface area contributed by atoms with E-state index >= 15 is 0 Å². The highest BCUT2D eigenvalue weighted by molar-refractivity contribution is 6.21. The Hall–Kier alpha value is -7.87. The van der Waals surface area contributed by atoms with Crippen LogP contribution in [0.4, 0.5) is 0 Å². The molecule has 0 radical (unpaired) electrons. The molecule has 3 aromatic heterocycles. The van der Waals surface area contributed by atoms with E-state index in [4.69, 9.17) is 14.7 Å². The molecule has 2 aliphatic rings. The SMILES string of the molecule is COC(=O)CC1(O)c2nc3c1c(-c1ccccc1)c1cc(C(C)(C)C)ccc1c3c1ccc([nH]1)c(-c1ccc(C(C)(C)C)cc1)c1nc(c(-c3ccc(C(C)(C)C)cc3)c3ccc([nH]3)c2-c2ccc(C(C)(C)C)cc2)C=C1. The lowest BCUT2D eigenvalue weighted by molar-refractivity contribution is -0.145. The van der Waals surface area contributed by atoms with Crippen LogP contribution in [0.5, 0.6) is 0 Å². The molecule has 1 atom stereocenters. The van der Waals surface area contributed by atoms with E-state index in [9.17, 15) is 9.90 Å². The number of benzene rings is 6. The van der Waals surface area contributed by atoms with E-state index in [1.54, 1.807) is 0 Å². The number of aromatic amines is 2. The number of aliphatic hydroxyl groups is 1. The third kappa shape index (κ3) is 9.08. The Balaban J connectivity index is 1.40. The molecule has 0 saturated carbocycles. The third-order valence-corrected chi connectivity index (χ3v) is 15.8. The minimum atomic E-state index is -2.01. The van der Waals surface area contributed by atoms with Crippen LogP contribution >= 0.6 is 0 Å². The Bertz CT molecular complexity index is 4020. The van der Waals surface area contributed by atoms with Gasteiger partial charge in [-0.25, -0.2) is 9.97 Å². The number of methoxy groups -OCH3 is 1. The van der Waals surface area contributed by atoms with Gasteiger partial charge in [0.2, 0.25) is 0 Å². The second-order valence-corrected chi connectivity index (χ2v) is 25.3. The lowest BCUT2D eigenvalue weighted by Gasteiger charge is -2.29. The van der Waals surface area contributed by atoms with E-state index in [1.807, 2.05) is 18.2 Å². The molecule has 3 N–H and O–H groups in total. The molecule has 2 aliphatic heterocycles. The largest absolute Gasteiger partial charge is 0.469 e. The number of nitrogens with zero attached hydrogens (tertiary/aromatic N) is 2. The van der Waals surface area contributed by atoms with Gasteiger partial charge in [-0.1, -0.05) is 198 Å². The molecule has 5 heterocycles. The van der Waals surface area contributed by atoms with Crippen molar-refractivity contribution in [1.82, 2.24) is 19.9 Å². The Morgan fingerprint density at radius 3 is 1.36 bits per heavy atom. The summed E-state index contributed by atoms with van der Waals surface area (Å²) in [7, 11) is 1.38. The van der Waals surface area contributed by atoms with E-state index in [0.717, 1.165) is 99.7 Å². The lowest BCUT2D eigenvalue weighted by atomic mass is 9.77. The van der Waals surface area contributed by atoms with Gasteiger partial charge in [0.05, 0.1) is 36.1 Å². The number of esters is 1. The first kappa shape index (κ1) is 51.2. The summed E-state index contributed by atoms with van der Waals surface area (Å²) in [6.07, 6.45) is 3.87. The number of ether oxygens (including phenoxy) is 1. The zero-order valence-electron chi connectivity index (χ0n) is 46.9. The fourth-order valence-electron chi connectivity index (χ4n) is 11.4. The van der Waals surface area contributed by atoms with E-state index in [2.05, 4.69) is 233 Å². The van der Waals surface area contributed by atoms with Gasteiger partial charge in [0.1, 0.15) is 5.60 Å². The van der Waals surface area contributed by atoms with Crippen molar-refractivity contribution >= 4 is 61.9 Å². The van der Waals surface area contributed by atoms with Crippen LogP contribution in [0, 0.1) is 0 Å². The molecule has 77 heavy (non-hydrogen) atoms. The van der Waals surface area contributed by atoms with Crippen molar-refractivity contribution in [2.45, 2.75) is 117 Å². The average Bonchev–Trinajstić information content (AvgIpc) is 4.37. The molecule has 11 rings (SSSR count). The Morgan fingerprint density at radius 1 is 0.481 bits per heavy atom. The third-order valence-electron chi connectivity index (χ3n) is 15.8. The normalized spacial score (nSPS) is 15.0. The van der Waals surface area contributed by atoms with Crippen molar-refractivity contribution in [3.8, 4) is 44.5 Å². The second kappa shape index (κ2) is 18.4. The minimum absolute atomic E-state index is 0.0428. The van der Waals surface area contributed by atoms with Crippen LogP contribution in [-0.4, -0.2) is 38.1 Å². The van der Waals surface area contributed by atoms with Gasteiger partial charge >= 0.3 is 5.97 Å². The average molecular weight is 1020 g/mol. The van der Waals surface area contributed by atoms with Crippen molar-refractivity contribution in [2.24, 2.45) is 0 Å². The van der Waals surface area contributed by atoms with Crippen LogP contribution in [0.25, 0.3) is 100 Å². The van der Waals surface area contributed by atoms with Crippen molar-refractivity contribution in [1.29, 1.82) is 0 Å². The predicted molar refractivity (Wildman–Crippen MR) is 321 cm³/mol. The molecule has 0 aliphatic carbocycles. The molecule has 1 unspecified atom stereocenters. The number of hydrogen-bond donors (Lipinski definition) is 3. The maximum Gasteiger partial charge on any atom is 0.309 e. The van der Waals surface area contributed by atoms with Crippen LogP contribution < -0.4 is 0 Å². The first-order chi connectivity index (χ1) is 36.4. The fourth-order valence-corrected chi connectivity index (χ4v) is 11.4. The lowest BCUT2D eigenvalue weighted by Crippen LogP contribution is -2.30. The summed E-state index contributed by atoms with van der Waals surface area (Å²) in [6, 6.07) is 51.6. The molecular formula is C70H70N4O3. The summed E-state index contributed by atoms with van der Waals surface area (Å²) in [6.45, 7) is 26.7. The predicted octanol–water partition coefficient (Wildman–Crippen LogP) is 17.4. The highest BCUT2D eigenvalue weighted by Crippen LogP contribution is 2.53. The van der Waals surface area contributed by atoms with Gasteiger partial charge in [0.15, 0.2) is 0 Å². The summed E-state index contributed by atoms with van der Waals surface area (Å²) in [5.41, 5.74) is 15.7. The van der Waals surface area contributed by atoms with Gasteiger partial charge in [-0.15, -0.1) is 0 Å². The number of hydrogen-bond acceptors (Lipinski definition) is 5. The molecule has 9 aromatic rings. The summed E-state index contributed by atoms with van der Waals surface area (Å²) in [5.74, 6) is -0.566. The number of carbonyl (C=O) groups excluding carboxylic acids is 1.